The molecule has 2 atom stereocenters. The van der Waals surface area contributed by atoms with Gasteiger partial charge in [0.1, 0.15) is 5.82 Å². The Morgan fingerprint density at radius 2 is 1.79 bits per heavy atom. The molecule has 0 spiro atoms. The summed E-state index contributed by atoms with van der Waals surface area (Å²) < 4.78 is 13.0. The van der Waals surface area contributed by atoms with E-state index in [4.69, 9.17) is 11.6 Å². The van der Waals surface area contributed by atoms with E-state index in [1.807, 2.05) is 0 Å². The molecule has 0 amide bonds. The van der Waals surface area contributed by atoms with Crippen LogP contribution in [-0.4, -0.2) is 13.1 Å². The van der Waals surface area contributed by atoms with Gasteiger partial charge in [-0.2, -0.15) is 0 Å². The molecule has 0 aromatic heterocycles. The predicted molar refractivity (Wildman–Crippen MR) is 81.1 cm³/mol. The van der Waals surface area contributed by atoms with Crippen molar-refractivity contribution in [2.24, 2.45) is 17.8 Å². The molecule has 0 aliphatic carbocycles. The predicted octanol–water partition coefficient (Wildman–Crippen LogP) is 4.54. The minimum Gasteiger partial charge on any atom is -0.316 e. The van der Waals surface area contributed by atoms with Crippen molar-refractivity contribution in [2.45, 2.75) is 34.1 Å². The van der Waals surface area contributed by atoms with Gasteiger partial charge in [0.05, 0.1) is 0 Å². The van der Waals surface area contributed by atoms with Crippen LogP contribution in [0.3, 0.4) is 0 Å². The SMILES string of the molecule is CC(C)CNCC(C)C(C)Cc1ccc(F)cc1Cl. The molecule has 1 rings (SSSR count). The first-order valence-electron chi connectivity index (χ1n) is 7.04. The van der Waals surface area contributed by atoms with Gasteiger partial charge < -0.3 is 5.32 Å². The zero-order valence-electron chi connectivity index (χ0n) is 12.3. The molecule has 0 aliphatic rings. The third-order valence-corrected chi connectivity index (χ3v) is 3.90. The van der Waals surface area contributed by atoms with Crippen LogP contribution < -0.4 is 5.32 Å². The fourth-order valence-corrected chi connectivity index (χ4v) is 2.28. The van der Waals surface area contributed by atoms with E-state index in [2.05, 4.69) is 33.0 Å². The highest BCUT2D eigenvalue weighted by atomic mass is 35.5. The van der Waals surface area contributed by atoms with Crippen LogP contribution in [-0.2, 0) is 6.42 Å². The minimum atomic E-state index is -0.270. The molecule has 2 unspecified atom stereocenters. The van der Waals surface area contributed by atoms with E-state index in [1.165, 1.54) is 12.1 Å². The molecule has 0 aliphatic heterocycles. The van der Waals surface area contributed by atoms with Gasteiger partial charge in [-0.3, -0.25) is 0 Å². The normalized spacial score (nSPS) is 14.7. The van der Waals surface area contributed by atoms with Gasteiger partial charge in [-0.25, -0.2) is 4.39 Å². The maximum Gasteiger partial charge on any atom is 0.124 e. The van der Waals surface area contributed by atoms with Crippen molar-refractivity contribution >= 4 is 11.6 Å². The van der Waals surface area contributed by atoms with Crippen molar-refractivity contribution in [1.29, 1.82) is 0 Å². The second-order valence-electron chi connectivity index (χ2n) is 5.95. The maximum atomic E-state index is 13.0. The summed E-state index contributed by atoms with van der Waals surface area (Å²) in [5.74, 6) is 1.49. The summed E-state index contributed by atoms with van der Waals surface area (Å²) in [6.45, 7) is 10.9. The summed E-state index contributed by atoms with van der Waals surface area (Å²) in [7, 11) is 0. The molecule has 0 saturated heterocycles. The summed E-state index contributed by atoms with van der Waals surface area (Å²) in [5.41, 5.74) is 1.03. The Morgan fingerprint density at radius 1 is 1.11 bits per heavy atom. The fourth-order valence-electron chi connectivity index (χ4n) is 2.04. The lowest BCUT2D eigenvalue weighted by Crippen LogP contribution is -2.28. The van der Waals surface area contributed by atoms with E-state index in [1.54, 1.807) is 6.07 Å². The van der Waals surface area contributed by atoms with Gasteiger partial charge in [0.25, 0.3) is 0 Å². The van der Waals surface area contributed by atoms with E-state index in [9.17, 15) is 4.39 Å². The first-order chi connectivity index (χ1) is 8.90. The summed E-state index contributed by atoms with van der Waals surface area (Å²) in [6.07, 6.45) is 0.892. The number of rotatable bonds is 7. The second kappa shape index (κ2) is 7.86. The second-order valence-corrected chi connectivity index (χ2v) is 6.35. The number of halogens is 2. The smallest absolute Gasteiger partial charge is 0.124 e. The van der Waals surface area contributed by atoms with Gasteiger partial charge in [0, 0.05) is 5.02 Å². The molecule has 0 radical (unpaired) electrons. The van der Waals surface area contributed by atoms with Gasteiger partial charge >= 0.3 is 0 Å². The standard InChI is InChI=1S/C16H25ClFN/c1-11(2)9-19-10-13(4)12(3)7-14-5-6-15(18)8-16(14)17/h5-6,8,11-13,19H,7,9-10H2,1-4H3. The van der Waals surface area contributed by atoms with Crippen molar-refractivity contribution in [3.63, 3.8) is 0 Å². The highest BCUT2D eigenvalue weighted by molar-refractivity contribution is 6.31. The first-order valence-corrected chi connectivity index (χ1v) is 7.42. The average molecular weight is 286 g/mol. The number of hydrogen-bond acceptors (Lipinski definition) is 1. The Balaban J connectivity index is 2.47. The van der Waals surface area contributed by atoms with Gasteiger partial charge in [0.2, 0.25) is 0 Å². The molecule has 0 heterocycles. The first kappa shape index (κ1) is 16.5. The summed E-state index contributed by atoms with van der Waals surface area (Å²) in [4.78, 5) is 0. The molecule has 1 aromatic rings. The molecule has 108 valence electrons. The number of benzene rings is 1. The third kappa shape index (κ3) is 5.92. The van der Waals surface area contributed by atoms with Crippen LogP contribution in [0.1, 0.15) is 33.3 Å². The van der Waals surface area contributed by atoms with Gasteiger partial charge in [-0.15, -0.1) is 0 Å². The van der Waals surface area contributed by atoms with Crippen LogP contribution >= 0.6 is 11.6 Å². The van der Waals surface area contributed by atoms with Crippen LogP contribution in [0.4, 0.5) is 4.39 Å². The molecule has 1 aromatic carbocycles. The molecule has 3 heteroatoms. The van der Waals surface area contributed by atoms with E-state index < -0.39 is 0 Å². The van der Waals surface area contributed by atoms with E-state index >= 15 is 0 Å². The van der Waals surface area contributed by atoms with Crippen LogP contribution in [0.25, 0.3) is 0 Å². The Hall–Kier alpha value is -0.600. The lowest BCUT2D eigenvalue weighted by atomic mass is 9.89. The Labute approximate surface area is 121 Å². The quantitative estimate of drug-likeness (QED) is 0.775. The molecule has 1 nitrogen and oxygen atoms in total. The summed E-state index contributed by atoms with van der Waals surface area (Å²) >= 11 is 6.07. The molecule has 0 fully saturated rings. The van der Waals surface area contributed by atoms with E-state index in [-0.39, 0.29) is 5.82 Å². The molecule has 0 bridgehead atoms. The third-order valence-electron chi connectivity index (χ3n) is 3.55. The number of hydrogen-bond donors (Lipinski definition) is 1. The van der Waals surface area contributed by atoms with Gasteiger partial charge in [-0.1, -0.05) is 45.4 Å². The van der Waals surface area contributed by atoms with Crippen molar-refractivity contribution < 1.29 is 4.39 Å². The topological polar surface area (TPSA) is 12.0 Å². The summed E-state index contributed by atoms with van der Waals surface area (Å²) in [5, 5.41) is 4.02. The highest BCUT2D eigenvalue weighted by Crippen LogP contribution is 2.23. The molecule has 1 N–H and O–H groups in total. The highest BCUT2D eigenvalue weighted by Gasteiger charge is 2.14. The maximum absolute atomic E-state index is 13.0. The monoisotopic (exact) mass is 285 g/mol. The summed E-state index contributed by atoms with van der Waals surface area (Å²) in [6, 6.07) is 4.67. The van der Waals surface area contributed by atoms with Gasteiger partial charge in [-0.05, 0) is 55.0 Å². The molecule has 19 heavy (non-hydrogen) atoms. The molecule has 0 saturated carbocycles. The van der Waals surface area contributed by atoms with Gasteiger partial charge in [0.15, 0.2) is 0 Å². The fraction of sp³-hybridized carbons (Fsp3) is 0.625. The lowest BCUT2D eigenvalue weighted by molar-refractivity contribution is 0.357. The molecular formula is C16H25ClFN. The van der Waals surface area contributed by atoms with Crippen molar-refractivity contribution in [2.75, 3.05) is 13.1 Å². The zero-order valence-corrected chi connectivity index (χ0v) is 13.1. The number of nitrogens with one attached hydrogen (secondary N) is 1. The Kier molecular flexibility index (Phi) is 6.81. The Morgan fingerprint density at radius 3 is 2.37 bits per heavy atom. The average Bonchev–Trinajstić information content (AvgIpc) is 2.32. The van der Waals surface area contributed by atoms with Crippen LogP contribution in [0, 0.1) is 23.6 Å². The Bertz CT molecular complexity index is 392. The molecular weight excluding hydrogens is 261 g/mol. The van der Waals surface area contributed by atoms with Crippen molar-refractivity contribution in [1.82, 2.24) is 5.32 Å². The lowest BCUT2D eigenvalue weighted by Gasteiger charge is -2.21. The zero-order chi connectivity index (χ0) is 14.4. The van der Waals surface area contributed by atoms with Crippen LogP contribution in [0.15, 0.2) is 18.2 Å². The van der Waals surface area contributed by atoms with Crippen LogP contribution in [0.5, 0.6) is 0 Å². The van der Waals surface area contributed by atoms with Crippen molar-refractivity contribution in [3.05, 3.63) is 34.6 Å². The van der Waals surface area contributed by atoms with Crippen LogP contribution in [0.2, 0.25) is 5.02 Å². The minimum absolute atomic E-state index is 0.270. The van der Waals surface area contributed by atoms with Crippen molar-refractivity contribution in [3.8, 4) is 0 Å². The van der Waals surface area contributed by atoms with E-state index in [0.717, 1.165) is 25.1 Å². The van der Waals surface area contributed by atoms with E-state index in [0.29, 0.717) is 22.8 Å². The largest absolute Gasteiger partial charge is 0.316 e.